The Hall–Kier alpha value is -1.62. The third-order valence-corrected chi connectivity index (χ3v) is 6.86. The second-order valence-corrected chi connectivity index (χ2v) is 9.34. The van der Waals surface area contributed by atoms with Crippen LogP contribution in [0, 0.1) is 11.3 Å². The number of hydrogen-bond donors (Lipinski definition) is 0. The molecule has 3 aliphatic rings. The molecule has 5 nitrogen and oxygen atoms in total. The summed E-state index contributed by atoms with van der Waals surface area (Å²) in [7, 11) is 0. The van der Waals surface area contributed by atoms with E-state index in [2.05, 4.69) is 52.6 Å². The molecule has 1 aromatic heterocycles. The van der Waals surface area contributed by atoms with Gasteiger partial charge in [0.25, 0.3) is 0 Å². The molecule has 0 unspecified atom stereocenters. The van der Waals surface area contributed by atoms with Crippen LogP contribution in [0.1, 0.15) is 65.4 Å². The predicted octanol–water partition coefficient (Wildman–Crippen LogP) is 4.00. The molecule has 0 radical (unpaired) electrons. The number of aromatic nitrogens is 1. The fourth-order valence-electron chi connectivity index (χ4n) is 4.84. The summed E-state index contributed by atoms with van der Waals surface area (Å²) >= 11 is 0. The van der Waals surface area contributed by atoms with E-state index in [4.69, 9.17) is 0 Å². The monoisotopic (exact) mass is 400 g/mol. The highest BCUT2D eigenvalue weighted by atomic mass is 16.2. The van der Waals surface area contributed by atoms with Crippen LogP contribution in [0.3, 0.4) is 0 Å². The summed E-state index contributed by atoms with van der Waals surface area (Å²) in [6, 6.07) is 4.33. The van der Waals surface area contributed by atoms with Gasteiger partial charge in [-0.05, 0) is 49.4 Å². The molecule has 1 amide bonds. The summed E-state index contributed by atoms with van der Waals surface area (Å²) in [5.74, 6) is 2.79. The third kappa shape index (κ3) is 4.93. The van der Waals surface area contributed by atoms with E-state index >= 15 is 0 Å². The Morgan fingerprint density at radius 2 is 1.79 bits per heavy atom. The molecule has 3 saturated heterocycles. The molecule has 0 atom stereocenters. The van der Waals surface area contributed by atoms with Crippen molar-refractivity contribution >= 4 is 11.7 Å². The summed E-state index contributed by atoms with van der Waals surface area (Å²) in [5, 5.41) is 0. The molecule has 1 spiro atoms. The van der Waals surface area contributed by atoms with Gasteiger partial charge >= 0.3 is 0 Å². The Bertz CT molecular complexity index is 650. The molecule has 0 N–H and O–H groups in total. The molecule has 29 heavy (non-hydrogen) atoms. The van der Waals surface area contributed by atoms with E-state index < -0.39 is 0 Å². The standard InChI is InChI=1S/C22H34N4O.C2H6/c1-4-18-7-9-24(10-8-18)12-21(27)26-15-22(16-26)13-25(14-22)20-6-5-19(11-23-20)17(2)3;1-2/h5-6,11,17-18H,4,7-10,12-16H2,1-3H3;1-2H3. The fraction of sp³-hybridized carbons (Fsp3) is 0.750. The first-order valence-electron chi connectivity index (χ1n) is 11.7. The van der Waals surface area contributed by atoms with Crippen LogP contribution in [0.2, 0.25) is 0 Å². The smallest absolute Gasteiger partial charge is 0.236 e. The summed E-state index contributed by atoms with van der Waals surface area (Å²) in [5.41, 5.74) is 1.61. The average molecular weight is 401 g/mol. The highest BCUT2D eigenvalue weighted by Gasteiger charge is 2.53. The molecular weight excluding hydrogens is 360 g/mol. The summed E-state index contributed by atoms with van der Waals surface area (Å²) in [6.07, 6.45) is 5.79. The van der Waals surface area contributed by atoms with Crippen LogP contribution in [0.5, 0.6) is 0 Å². The number of likely N-dealkylation sites (tertiary alicyclic amines) is 2. The first-order chi connectivity index (χ1) is 14.0. The van der Waals surface area contributed by atoms with E-state index in [0.29, 0.717) is 23.8 Å². The molecule has 1 aromatic rings. The molecule has 0 aromatic carbocycles. The van der Waals surface area contributed by atoms with Gasteiger partial charge in [0, 0.05) is 37.8 Å². The Labute approximate surface area is 177 Å². The van der Waals surface area contributed by atoms with Gasteiger partial charge in [0.2, 0.25) is 5.91 Å². The molecule has 3 fully saturated rings. The van der Waals surface area contributed by atoms with Crippen molar-refractivity contribution < 1.29 is 4.79 Å². The lowest BCUT2D eigenvalue weighted by Crippen LogP contribution is -2.73. The van der Waals surface area contributed by atoms with Gasteiger partial charge in [-0.25, -0.2) is 4.98 Å². The van der Waals surface area contributed by atoms with Crippen molar-refractivity contribution in [1.29, 1.82) is 0 Å². The van der Waals surface area contributed by atoms with E-state index in [1.807, 2.05) is 20.0 Å². The van der Waals surface area contributed by atoms with E-state index in [-0.39, 0.29) is 0 Å². The van der Waals surface area contributed by atoms with Gasteiger partial charge in [-0.1, -0.05) is 47.1 Å². The minimum atomic E-state index is 0.323. The second-order valence-electron chi connectivity index (χ2n) is 9.34. The zero-order valence-electron chi connectivity index (χ0n) is 19.2. The van der Waals surface area contributed by atoms with Crippen LogP contribution in [0.15, 0.2) is 18.3 Å². The maximum atomic E-state index is 12.6. The van der Waals surface area contributed by atoms with Crippen molar-refractivity contribution in [2.24, 2.45) is 11.3 Å². The quantitative estimate of drug-likeness (QED) is 0.749. The topological polar surface area (TPSA) is 39.7 Å². The minimum absolute atomic E-state index is 0.323. The largest absolute Gasteiger partial charge is 0.355 e. The molecule has 4 heterocycles. The minimum Gasteiger partial charge on any atom is -0.355 e. The van der Waals surface area contributed by atoms with Crippen molar-refractivity contribution in [3.8, 4) is 0 Å². The summed E-state index contributed by atoms with van der Waals surface area (Å²) in [4.78, 5) is 24.0. The average Bonchev–Trinajstić information content (AvgIpc) is 2.68. The molecule has 3 aliphatic heterocycles. The van der Waals surface area contributed by atoms with Crippen molar-refractivity contribution in [2.45, 2.75) is 59.8 Å². The highest BCUT2D eigenvalue weighted by Crippen LogP contribution is 2.41. The van der Waals surface area contributed by atoms with Gasteiger partial charge < -0.3 is 9.80 Å². The van der Waals surface area contributed by atoms with Gasteiger partial charge in [-0.15, -0.1) is 0 Å². The molecule has 0 bridgehead atoms. The number of nitrogens with zero attached hydrogens (tertiary/aromatic N) is 4. The highest BCUT2D eigenvalue weighted by molar-refractivity contribution is 5.79. The Morgan fingerprint density at radius 3 is 2.31 bits per heavy atom. The number of piperidine rings is 1. The number of carbonyl (C=O) groups excluding carboxylic acids is 1. The predicted molar refractivity (Wildman–Crippen MR) is 120 cm³/mol. The third-order valence-electron chi connectivity index (χ3n) is 6.86. The maximum absolute atomic E-state index is 12.6. The van der Waals surface area contributed by atoms with Crippen LogP contribution >= 0.6 is 0 Å². The second kappa shape index (κ2) is 9.46. The van der Waals surface area contributed by atoms with Crippen molar-refractivity contribution in [2.75, 3.05) is 50.7 Å². The number of pyridine rings is 1. The first kappa shape index (κ1) is 22.1. The molecule has 0 aliphatic carbocycles. The van der Waals surface area contributed by atoms with Crippen molar-refractivity contribution in [1.82, 2.24) is 14.8 Å². The maximum Gasteiger partial charge on any atom is 0.236 e. The van der Waals surface area contributed by atoms with E-state index in [1.54, 1.807) is 0 Å². The van der Waals surface area contributed by atoms with Crippen LogP contribution in [0.4, 0.5) is 5.82 Å². The van der Waals surface area contributed by atoms with Crippen LogP contribution < -0.4 is 4.90 Å². The summed E-state index contributed by atoms with van der Waals surface area (Å²) in [6.45, 7) is 17.4. The lowest BCUT2D eigenvalue weighted by molar-refractivity contribution is -0.146. The zero-order valence-corrected chi connectivity index (χ0v) is 19.2. The molecule has 5 heteroatoms. The number of amides is 1. The molecule has 162 valence electrons. The lowest BCUT2D eigenvalue weighted by Gasteiger charge is -2.60. The normalized spacial score (nSPS) is 21.4. The van der Waals surface area contributed by atoms with Gasteiger partial charge in [0.15, 0.2) is 0 Å². The Kier molecular flexibility index (Phi) is 7.20. The van der Waals surface area contributed by atoms with Crippen LogP contribution in [-0.4, -0.2) is 66.5 Å². The van der Waals surface area contributed by atoms with E-state index in [9.17, 15) is 4.79 Å². The van der Waals surface area contributed by atoms with Crippen molar-refractivity contribution in [3.63, 3.8) is 0 Å². The molecular formula is C24H40N4O. The van der Waals surface area contributed by atoms with Crippen molar-refractivity contribution in [3.05, 3.63) is 23.9 Å². The fourth-order valence-corrected chi connectivity index (χ4v) is 4.84. The molecule has 4 rings (SSSR count). The lowest BCUT2D eigenvalue weighted by atomic mass is 9.72. The summed E-state index contributed by atoms with van der Waals surface area (Å²) < 4.78 is 0. The molecule has 0 saturated carbocycles. The van der Waals surface area contributed by atoms with Gasteiger partial charge in [-0.3, -0.25) is 9.69 Å². The van der Waals surface area contributed by atoms with E-state index in [0.717, 1.165) is 51.0 Å². The number of rotatable bonds is 5. The Morgan fingerprint density at radius 1 is 1.14 bits per heavy atom. The van der Waals surface area contributed by atoms with Crippen LogP contribution in [-0.2, 0) is 4.79 Å². The van der Waals surface area contributed by atoms with Gasteiger partial charge in [0.05, 0.1) is 6.54 Å². The zero-order chi connectivity index (χ0) is 21.0. The first-order valence-corrected chi connectivity index (χ1v) is 11.7. The number of carbonyl (C=O) groups is 1. The van der Waals surface area contributed by atoms with Gasteiger partial charge in [-0.2, -0.15) is 0 Å². The van der Waals surface area contributed by atoms with Crippen LogP contribution in [0.25, 0.3) is 0 Å². The SMILES string of the molecule is CC.CCC1CCN(CC(=O)N2CC3(C2)CN(c2ccc(C(C)C)cn2)C3)CC1. The van der Waals surface area contributed by atoms with Gasteiger partial charge in [0.1, 0.15) is 5.82 Å². The number of hydrogen-bond acceptors (Lipinski definition) is 4. The Balaban J connectivity index is 0.00000117. The number of anilines is 1. The van der Waals surface area contributed by atoms with E-state index in [1.165, 1.54) is 24.8 Å².